The van der Waals surface area contributed by atoms with Crippen molar-refractivity contribution in [3.63, 3.8) is 0 Å². The summed E-state index contributed by atoms with van der Waals surface area (Å²) in [6.45, 7) is 2.28. The standard InChI is InChI=1S/C20H25N3O4/c1-15(24)23(13-17-5-4-9-21-12-17)14-20(25)22-10-8-16-6-7-18(26-2)19(11-16)27-3/h4-7,9,11-12H,8,10,13-14H2,1-3H3,(H,22,25). The zero-order valence-electron chi connectivity index (χ0n) is 15.9. The number of hydrogen-bond acceptors (Lipinski definition) is 5. The smallest absolute Gasteiger partial charge is 0.239 e. The second-order valence-corrected chi connectivity index (χ2v) is 6.03. The molecule has 27 heavy (non-hydrogen) atoms. The van der Waals surface area contributed by atoms with E-state index < -0.39 is 0 Å². The molecule has 0 spiro atoms. The van der Waals surface area contributed by atoms with Crippen LogP contribution in [-0.4, -0.2) is 49.0 Å². The zero-order valence-corrected chi connectivity index (χ0v) is 15.9. The number of nitrogens with one attached hydrogen (secondary N) is 1. The van der Waals surface area contributed by atoms with Gasteiger partial charge in [-0.1, -0.05) is 12.1 Å². The van der Waals surface area contributed by atoms with Gasteiger partial charge in [0.1, 0.15) is 0 Å². The van der Waals surface area contributed by atoms with E-state index in [2.05, 4.69) is 10.3 Å². The van der Waals surface area contributed by atoms with E-state index in [1.807, 2.05) is 24.3 Å². The van der Waals surface area contributed by atoms with Gasteiger partial charge in [-0.2, -0.15) is 0 Å². The first-order chi connectivity index (χ1) is 13.0. The predicted octanol–water partition coefficient (Wildman–Crippen LogP) is 1.81. The fourth-order valence-electron chi connectivity index (χ4n) is 2.60. The van der Waals surface area contributed by atoms with Gasteiger partial charge in [-0.25, -0.2) is 0 Å². The Morgan fingerprint density at radius 1 is 1.11 bits per heavy atom. The normalized spacial score (nSPS) is 10.2. The van der Waals surface area contributed by atoms with Gasteiger partial charge >= 0.3 is 0 Å². The molecular weight excluding hydrogens is 346 g/mol. The SMILES string of the molecule is COc1ccc(CCNC(=O)CN(Cc2cccnc2)C(C)=O)cc1OC. The van der Waals surface area contributed by atoms with E-state index in [0.717, 1.165) is 11.1 Å². The van der Waals surface area contributed by atoms with Gasteiger partial charge in [0.05, 0.1) is 20.8 Å². The Kier molecular flexibility index (Phi) is 7.61. The molecule has 0 aliphatic heterocycles. The van der Waals surface area contributed by atoms with E-state index in [4.69, 9.17) is 9.47 Å². The Morgan fingerprint density at radius 2 is 1.89 bits per heavy atom. The van der Waals surface area contributed by atoms with Gasteiger partial charge in [-0.05, 0) is 35.7 Å². The van der Waals surface area contributed by atoms with Crippen LogP contribution in [0.5, 0.6) is 11.5 Å². The Hall–Kier alpha value is -3.09. The Balaban J connectivity index is 1.84. The minimum Gasteiger partial charge on any atom is -0.493 e. The molecule has 1 N–H and O–H groups in total. The first kappa shape index (κ1) is 20.2. The monoisotopic (exact) mass is 371 g/mol. The number of rotatable bonds is 9. The van der Waals surface area contributed by atoms with Gasteiger partial charge in [0.15, 0.2) is 11.5 Å². The lowest BCUT2D eigenvalue weighted by atomic mass is 10.1. The van der Waals surface area contributed by atoms with Crippen molar-refractivity contribution < 1.29 is 19.1 Å². The second kappa shape index (κ2) is 10.2. The van der Waals surface area contributed by atoms with Crippen molar-refractivity contribution in [3.05, 3.63) is 53.9 Å². The lowest BCUT2D eigenvalue weighted by Gasteiger charge is -2.20. The van der Waals surface area contributed by atoms with Crippen molar-refractivity contribution in [3.8, 4) is 11.5 Å². The summed E-state index contributed by atoms with van der Waals surface area (Å²) in [5.41, 5.74) is 1.90. The zero-order chi connectivity index (χ0) is 19.6. The van der Waals surface area contributed by atoms with E-state index >= 15 is 0 Å². The maximum Gasteiger partial charge on any atom is 0.239 e. The summed E-state index contributed by atoms with van der Waals surface area (Å²) in [7, 11) is 3.17. The van der Waals surface area contributed by atoms with E-state index in [1.165, 1.54) is 11.8 Å². The number of benzene rings is 1. The number of aromatic nitrogens is 1. The van der Waals surface area contributed by atoms with Crippen molar-refractivity contribution in [1.29, 1.82) is 0 Å². The van der Waals surface area contributed by atoms with Gasteiger partial charge in [0.25, 0.3) is 0 Å². The molecule has 0 atom stereocenters. The van der Waals surface area contributed by atoms with Crippen LogP contribution in [0.25, 0.3) is 0 Å². The van der Waals surface area contributed by atoms with Crippen LogP contribution in [0.1, 0.15) is 18.1 Å². The van der Waals surface area contributed by atoms with Crippen LogP contribution < -0.4 is 14.8 Å². The number of carbonyl (C=O) groups is 2. The van der Waals surface area contributed by atoms with Crippen molar-refractivity contribution in [2.75, 3.05) is 27.3 Å². The molecule has 7 nitrogen and oxygen atoms in total. The Morgan fingerprint density at radius 3 is 2.52 bits per heavy atom. The molecule has 7 heteroatoms. The summed E-state index contributed by atoms with van der Waals surface area (Å²) >= 11 is 0. The van der Waals surface area contributed by atoms with Crippen LogP contribution in [0, 0.1) is 0 Å². The second-order valence-electron chi connectivity index (χ2n) is 6.03. The molecule has 0 aliphatic carbocycles. The van der Waals surface area contributed by atoms with E-state index in [1.54, 1.807) is 32.7 Å². The van der Waals surface area contributed by atoms with Gasteiger partial charge in [0, 0.05) is 32.4 Å². The van der Waals surface area contributed by atoms with Gasteiger partial charge < -0.3 is 19.7 Å². The molecule has 144 valence electrons. The number of nitrogens with zero attached hydrogens (tertiary/aromatic N) is 2. The summed E-state index contributed by atoms with van der Waals surface area (Å²) in [4.78, 5) is 29.5. The number of methoxy groups -OCH3 is 2. The van der Waals surface area contributed by atoms with E-state index in [9.17, 15) is 9.59 Å². The highest BCUT2D eigenvalue weighted by atomic mass is 16.5. The summed E-state index contributed by atoms with van der Waals surface area (Å²) in [6.07, 6.45) is 4.00. The Labute approximate surface area is 159 Å². The molecule has 2 aromatic rings. The van der Waals surface area contributed by atoms with Gasteiger partial charge in [-0.15, -0.1) is 0 Å². The third-order valence-corrected chi connectivity index (χ3v) is 4.06. The quantitative estimate of drug-likeness (QED) is 0.727. The van der Waals surface area contributed by atoms with Crippen molar-refractivity contribution >= 4 is 11.8 Å². The topological polar surface area (TPSA) is 80.8 Å². The molecule has 0 aliphatic rings. The minimum atomic E-state index is -0.199. The fraction of sp³-hybridized carbons (Fsp3) is 0.350. The highest BCUT2D eigenvalue weighted by Crippen LogP contribution is 2.27. The minimum absolute atomic E-state index is 0.0101. The van der Waals surface area contributed by atoms with Crippen LogP contribution in [0.15, 0.2) is 42.7 Å². The molecule has 0 saturated heterocycles. The van der Waals surface area contributed by atoms with E-state index in [0.29, 0.717) is 31.0 Å². The number of hydrogen-bond donors (Lipinski definition) is 1. The lowest BCUT2D eigenvalue weighted by molar-refractivity contribution is -0.134. The molecule has 0 radical (unpaired) electrons. The first-order valence-corrected chi connectivity index (χ1v) is 8.65. The van der Waals surface area contributed by atoms with Crippen molar-refractivity contribution in [1.82, 2.24) is 15.2 Å². The molecule has 1 aromatic heterocycles. The van der Waals surface area contributed by atoms with Crippen LogP contribution in [0.4, 0.5) is 0 Å². The van der Waals surface area contributed by atoms with Gasteiger partial charge in [-0.3, -0.25) is 14.6 Å². The van der Waals surface area contributed by atoms with Gasteiger partial charge in [0.2, 0.25) is 11.8 Å². The maximum absolute atomic E-state index is 12.2. The molecule has 1 heterocycles. The molecule has 2 rings (SSSR count). The highest BCUT2D eigenvalue weighted by Gasteiger charge is 2.14. The number of pyridine rings is 1. The molecular formula is C20H25N3O4. The van der Waals surface area contributed by atoms with Crippen LogP contribution in [0.3, 0.4) is 0 Å². The molecule has 0 unspecified atom stereocenters. The fourth-order valence-corrected chi connectivity index (χ4v) is 2.60. The Bertz CT molecular complexity index is 765. The summed E-state index contributed by atoms with van der Waals surface area (Å²) in [5.74, 6) is 0.960. The summed E-state index contributed by atoms with van der Waals surface area (Å²) in [6, 6.07) is 9.32. The molecule has 0 fully saturated rings. The highest BCUT2D eigenvalue weighted by molar-refractivity contribution is 5.83. The third kappa shape index (κ3) is 6.29. The number of amides is 2. The first-order valence-electron chi connectivity index (χ1n) is 8.65. The van der Waals surface area contributed by atoms with Crippen molar-refractivity contribution in [2.45, 2.75) is 19.9 Å². The van der Waals surface area contributed by atoms with E-state index in [-0.39, 0.29) is 18.4 Å². The molecule has 0 saturated carbocycles. The molecule has 2 amide bonds. The van der Waals surface area contributed by atoms with Crippen molar-refractivity contribution in [2.24, 2.45) is 0 Å². The average molecular weight is 371 g/mol. The summed E-state index contributed by atoms with van der Waals surface area (Å²) in [5, 5.41) is 2.85. The third-order valence-electron chi connectivity index (χ3n) is 4.06. The lowest BCUT2D eigenvalue weighted by Crippen LogP contribution is -2.39. The van der Waals surface area contributed by atoms with Crippen LogP contribution in [0.2, 0.25) is 0 Å². The van der Waals surface area contributed by atoms with Crippen LogP contribution >= 0.6 is 0 Å². The number of carbonyl (C=O) groups excluding carboxylic acids is 2. The molecule has 1 aromatic carbocycles. The average Bonchev–Trinajstić information content (AvgIpc) is 2.68. The maximum atomic E-state index is 12.2. The number of ether oxygens (including phenoxy) is 2. The largest absolute Gasteiger partial charge is 0.493 e. The summed E-state index contributed by atoms with van der Waals surface area (Å²) < 4.78 is 10.5. The molecule has 0 bridgehead atoms. The van der Waals surface area contributed by atoms with Crippen LogP contribution in [-0.2, 0) is 22.6 Å². The predicted molar refractivity (Wildman–Crippen MR) is 102 cm³/mol.